The molecule has 0 saturated heterocycles. The molecule has 0 bridgehead atoms. The van der Waals surface area contributed by atoms with Crippen LogP contribution in [0.1, 0.15) is 31.1 Å². The van der Waals surface area contributed by atoms with Gasteiger partial charge >= 0.3 is 0 Å². The Balaban J connectivity index is 3.06. The minimum Gasteiger partial charge on any atom is -0.338 e. The standard InChI is InChI=1S/C14H19ClF2N2O/c1-4-19(8-14(2,3)7-18)13(20)9-5-12(17)10(15)6-11(9)16/h5-6H,4,7-8,18H2,1-3H3. The van der Waals surface area contributed by atoms with E-state index in [1.165, 1.54) is 4.90 Å². The predicted molar refractivity (Wildman–Crippen MR) is 75.8 cm³/mol. The Labute approximate surface area is 122 Å². The zero-order valence-corrected chi connectivity index (χ0v) is 12.6. The van der Waals surface area contributed by atoms with E-state index in [4.69, 9.17) is 17.3 Å². The van der Waals surface area contributed by atoms with Gasteiger partial charge in [0.05, 0.1) is 10.6 Å². The van der Waals surface area contributed by atoms with Gasteiger partial charge in [-0.25, -0.2) is 8.78 Å². The largest absolute Gasteiger partial charge is 0.338 e. The molecule has 2 N–H and O–H groups in total. The highest BCUT2D eigenvalue weighted by Gasteiger charge is 2.26. The summed E-state index contributed by atoms with van der Waals surface area (Å²) in [5.41, 5.74) is 5.02. The summed E-state index contributed by atoms with van der Waals surface area (Å²) < 4.78 is 27.2. The van der Waals surface area contributed by atoms with Crippen LogP contribution in [0.2, 0.25) is 5.02 Å². The maximum Gasteiger partial charge on any atom is 0.256 e. The molecule has 112 valence electrons. The molecule has 1 rings (SSSR count). The predicted octanol–water partition coefficient (Wildman–Crippen LogP) is 3.07. The number of halogens is 3. The van der Waals surface area contributed by atoms with Crippen LogP contribution < -0.4 is 5.73 Å². The first kappa shape index (κ1) is 16.9. The quantitative estimate of drug-likeness (QED) is 0.850. The van der Waals surface area contributed by atoms with Gasteiger partial charge in [-0.15, -0.1) is 0 Å². The second-order valence-corrected chi connectivity index (χ2v) is 5.84. The number of carbonyl (C=O) groups excluding carboxylic acids is 1. The number of hydrogen-bond acceptors (Lipinski definition) is 2. The Kier molecular flexibility index (Phi) is 5.48. The van der Waals surface area contributed by atoms with Gasteiger partial charge in [-0.05, 0) is 31.0 Å². The molecule has 1 aromatic rings. The average Bonchev–Trinajstić information content (AvgIpc) is 2.39. The lowest BCUT2D eigenvalue weighted by molar-refractivity contribution is 0.0695. The summed E-state index contributed by atoms with van der Waals surface area (Å²) in [5.74, 6) is -2.21. The molecular formula is C14H19ClF2N2O. The van der Waals surface area contributed by atoms with Crippen molar-refractivity contribution < 1.29 is 13.6 Å². The lowest BCUT2D eigenvalue weighted by Gasteiger charge is -2.31. The van der Waals surface area contributed by atoms with Gasteiger partial charge in [-0.3, -0.25) is 4.79 Å². The zero-order chi connectivity index (χ0) is 15.5. The van der Waals surface area contributed by atoms with E-state index < -0.39 is 17.5 Å². The molecule has 1 amide bonds. The summed E-state index contributed by atoms with van der Waals surface area (Å²) in [6.07, 6.45) is 0. The first-order valence-electron chi connectivity index (χ1n) is 6.35. The fourth-order valence-electron chi connectivity index (χ4n) is 1.77. The van der Waals surface area contributed by atoms with Gasteiger partial charge in [0, 0.05) is 13.1 Å². The molecule has 6 heteroatoms. The number of amides is 1. The molecule has 0 aliphatic carbocycles. The Morgan fingerprint density at radius 3 is 2.45 bits per heavy atom. The van der Waals surface area contributed by atoms with Crippen LogP contribution in [0.15, 0.2) is 12.1 Å². The van der Waals surface area contributed by atoms with Crippen molar-refractivity contribution in [3.8, 4) is 0 Å². The molecule has 0 unspecified atom stereocenters. The maximum absolute atomic E-state index is 13.8. The van der Waals surface area contributed by atoms with Crippen LogP contribution in [0, 0.1) is 17.0 Å². The third-order valence-corrected chi connectivity index (χ3v) is 3.37. The van der Waals surface area contributed by atoms with Gasteiger partial charge in [-0.1, -0.05) is 25.4 Å². The molecule has 0 atom stereocenters. The van der Waals surface area contributed by atoms with Crippen LogP contribution >= 0.6 is 11.6 Å². The van der Waals surface area contributed by atoms with Crippen LogP contribution in [0.3, 0.4) is 0 Å². The molecule has 3 nitrogen and oxygen atoms in total. The third kappa shape index (κ3) is 3.90. The minimum atomic E-state index is -0.828. The summed E-state index contributed by atoms with van der Waals surface area (Å²) in [6.45, 7) is 6.71. The van der Waals surface area contributed by atoms with Crippen molar-refractivity contribution in [3.63, 3.8) is 0 Å². The maximum atomic E-state index is 13.8. The Hall–Kier alpha value is -1.20. The minimum absolute atomic E-state index is 0.298. The first-order valence-corrected chi connectivity index (χ1v) is 6.73. The first-order chi connectivity index (χ1) is 9.21. The number of nitrogens with two attached hydrogens (primary N) is 1. The molecule has 0 spiro atoms. The fourth-order valence-corrected chi connectivity index (χ4v) is 1.92. The molecule has 0 fully saturated rings. The molecule has 0 heterocycles. The van der Waals surface area contributed by atoms with E-state index in [1.807, 2.05) is 13.8 Å². The van der Waals surface area contributed by atoms with Crippen molar-refractivity contribution in [3.05, 3.63) is 34.4 Å². The van der Waals surface area contributed by atoms with Crippen molar-refractivity contribution >= 4 is 17.5 Å². The number of rotatable bonds is 5. The molecule has 20 heavy (non-hydrogen) atoms. The van der Waals surface area contributed by atoms with Gasteiger partial charge in [0.15, 0.2) is 0 Å². The molecule has 1 aromatic carbocycles. The average molecular weight is 305 g/mol. The van der Waals surface area contributed by atoms with Crippen molar-refractivity contribution in [2.45, 2.75) is 20.8 Å². The molecule has 0 radical (unpaired) electrons. The molecular weight excluding hydrogens is 286 g/mol. The molecule has 0 aliphatic rings. The van der Waals surface area contributed by atoms with Crippen LogP contribution in [0.4, 0.5) is 8.78 Å². The van der Waals surface area contributed by atoms with E-state index in [9.17, 15) is 13.6 Å². The zero-order valence-electron chi connectivity index (χ0n) is 11.8. The van der Waals surface area contributed by atoms with Crippen LogP contribution in [0.5, 0.6) is 0 Å². The summed E-state index contributed by atoms with van der Waals surface area (Å²) in [6, 6.07) is 1.64. The van der Waals surface area contributed by atoms with Crippen LogP contribution in [0.25, 0.3) is 0 Å². The third-order valence-electron chi connectivity index (χ3n) is 3.08. The van der Waals surface area contributed by atoms with E-state index in [0.29, 0.717) is 19.6 Å². The molecule has 0 saturated carbocycles. The van der Waals surface area contributed by atoms with Crippen LogP contribution in [-0.4, -0.2) is 30.4 Å². The lowest BCUT2D eigenvalue weighted by atomic mass is 9.93. The van der Waals surface area contributed by atoms with Crippen molar-refractivity contribution in [2.75, 3.05) is 19.6 Å². The SMILES string of the molecule is CCN(CC(C)(C)CN)C(=O)c1cc(F)c(Cl)cc1F. The second-order valence-electron chi connectivity index (χ2n) is 5.43. The van der Waals surface area contributed by atoms with E-state index in [0.717, 1.165) is 12.1 Å². The Morgan fingerprint density at radius 1 is 1.35 bits per heavy atom. The number of carbonyl (C=O) groups is 1. The normalized spacial score (nSPS) is 11.6. The highest BCUT2D eigenvalue weighted by Crippen LogP contribution is 2.22. The summed E-state index contributed by atoms with van der Waals surface area (Å²) in [7, 11) is 0. The van der Waals surface area contributed by atoms with Gasteiger partial charge in [0.25, 0.3) is 5.91 Å². The lowest BCUT2D eigenvalue weighted by Crippen LogP contribution is -2.42. The highest BCUT2D eigenvalue weighted by molar-refractivity contribution is 6.30. The second kappa shape index (κ2) is 6.50. The topological polar surface area (TPSA) is 46.3 Å². The van der Waals surface area contributed by atoms with Gasteiger partial charge in [0.1, 0.15) is 11.6 Å². The fraction of sp³-hybridized carbons (Fsp3) is 0.500. The van der Waals surface area contributed by atoms with Crippen molar-refractivity contribution in [1.82, 2.24) is 4.90 Å². The monoisotopic (exact) mass is 304 g/mol. The number of nitrogens with zero attached hydrogens (tertiary/aromatic N) is 1. The van der Waals surface area contributed by atoms with E-state index in [2.05, 4.69) is 0 Å². The van der Waals surface area contributed by atoms with E-state index in [1.54, 1.807) is 6.92 Å². The van der Waals surface area contributed by atoms with E-state index >= 15 is 0 Å². The van der Waals surface area contributed by atoms with Crippen molar-refractivity contribution in [1.29, 1.82) is 0 Å². The van der Waals surface area contributed by atoms with Crippen LogP contribution in [-0.2, 0) is 0 Å². The summed E-state index contributed by atoms with van der Waals surface area (Å²) in [4.78, 5) is 13.7. The summed E-state index contributed by atoms with van der Waals surface area (Å²) >= 11 is 5.48. The van der Waals surface area contributed by atoms with E-state index in [-0.39, 0.29) is 16.0 Å². The van der Waals surface area contributed by atoms with Crippen molar-refractivity contribution in [2.24, 2.45) is 11.1 Å². The number of hydrogen-bond donors (Lipinski definition) is 1. The molecule has 0 aromatic heterocycles. The Bertz CT molecular complexity index is 506. The smallest absolute Gasteiger partial charge is 0.256 e. The van der Waals surface area contributed by atoms with Gasteiger partial charge in [0.2, 0.25) is 0 Å². The van der Waals surface area contributed by atoms with Gasteiger partial charge in [-0.2, -0.15) is 0 Å². The molecule has 0 aliphatic heterocycles. The number of benzene rings is 1. The highest BCUT2D eigenvalue weighted by atomic mass is 35.5. The Morgan fingerprint density at radius 2 is 1.95 bits per heavy atom. The van der Waals surface area contributed by atoms with Gasteiger partial charge < -0.3 is 10.6 Å². The summed E-state index contributed by atoms with van der Waals surface area (Å²) in [5, 5.41) is -0.343.